The molecule has 0 saturated heterocycles. The third-order valence-corrected chi connectivity index (χ3v) is 3.74. The molecular formula is C24H38FN3O4. The van der Waals surface area contributed by atoms with E-state index in [4.69, 9.17) is 20.5 Å². The molecule has 0 fully saturated rings. The molecule has 0 saturated carbocycles. The molecule has 0 aliphatic rings. The van der Waals surface area contributed by atoms with Gasteiger partial charge in [-0.1, -0.05) is 6.07 Å². The SMILES string of the molecule is CC(C)(C)OC(=O)C(C)(C)N.CC(C)(C)OC(=O)C(C)(C)NCc1ccc(C#N)cc1F. The Morgan fingerprint density at radius 3 is 1.78 bits per heavy atom. The number of halogens is 1. The number of hydrogen-bond acceptors (Lipinski definition) is 7. The highest BCUT2D eigenvalue weighted by Crippen LogP contribution is 2.16. The van der Waals surface area contributed by atoms with Crippen molar-refractivity contribution in [3.8, 4) is 6.07 Å². The van der Waals surface area contributed by atoms with E-state index in [1.54, 1.807) is 54.5 Å². The summed E-state index contributed by atoms with van der Waals surface area (Å²) in [5.74, 6) is -1.24. The van der Waals surface area contributed by atoms with Crippen molar-refractivity contribution in [3.05, 3.63) is 35.1 Å². The molecular weight excluding hydrogens is 413 g/mol. The first-order chi connectivity index (χ1) is 14.2. The molecule has 0 amide bonds. The molecule has 0 atom stereocenters. The van der Waals surface area contributed by atoms with Crippen molar-refractivity contribution >= 4 is 11.9 Å². The summed E-state index contributed by atoms with van der Waals surface area (Å²) in [6.07, 6.45) is 0. The number of benzene rings is 1. The van der Waals surface area contributed by atoms with Gasteiger partial charge in [0.15, 0.2) is 0 Å². The zero-order valence-corrected chi connectivity index (χ0v) is 21.0. The molecule has 0 unspecified atom stereocenters. The Hall–Kier alpha value is -2.50. The third-order valence-electron chi connectivity index (χ3n) is 3.74. The van der Waals surface area contributed by atoms with Crippen molar-refractivity contribution in [2.75, 3.05) is 0 Å². The van der Waals surface area contributed by atoms with E-state index < -0.39 is 34.1 Å². The quantitative estimate of drug-likeness (QED) is 0.651. The Morgan fingerprint density at radius 1 is 0.969 bits per heavy atom. The molecule has 0 heterocycles. The fourth-order valence-electron chi connectivity index (χ4n) is 1.96. The minimum atomic E-state index is -0.937. The van der Waals surface area contributed by atoms with Crippen LogP contribution in [0.3, 0.4) is 0 Å². The lowest BCUT2D eigenvalue weighted by molar-refractivity contribution is -0.162. The fraction of sp³-hybridized carbons (Fsp3) is 0.625. The smallest absolute Gasteiger partial charge is 0.326 e. The molecule has 0 radical (unpaired) electrons. The Kier molecular flexibility index (Phi) is 10.0. The van der Waals surface area contributed by atoms with Gasteiger partial charge in [-0.15, -0.1) is 0 Å². The topological polar surface area (TPSA) is 114 Å². The van der Waals surface area contributed by atoms with Crippen molar-refractivity contribution < 1.29 is 23.5 Å². The summed E-state index contributed by atoms with van der Waals surface area (Å²) < 4.78 is 24.1. The average Bonchev–Trinajstić information content (AvgIpc) is 2.57. The summed E-state index contributed by atoms with van der Waals surface area (Å²) in [4.78, 5) is 23.2. The summed E-state index contributed by atoms with van der Waals surface area (Å²) >= 11 is 0. The summed E-state index contributed by atoms with van der Waals surface area (Å²) in [5, 5.41) is 11.7. The van der Waals surface area contributed by atoms with Crippen LogP contribution in [0, 0.1) is 17.1 Å². The van der Waals surface area contributed by atoms with Crippen molar-refractivity contribution in [1.29, 1.82) is 5.26 Å². The number of carbonyl (C=O) groups excluding carboxylic acids is 2. The lowest BCUT2D eigenvalue weighted by Gasteiger charge is -2.29. The maximum absolute atomic E-state index is 13.8. The van der Waals surface area contributed by atoms with Crippen LogP contribution in [0.4, 0.5) is 4.39 Å². The molecule has 1 aromatic carbocycles. The van der Waals surface area contributed by atoms with Gasteiger partial charge < -0.3 is 15.2 Å². The fourth-order valence-corrected chi connectivity index (χ4v) is 1.96. The highest BCUT2D eigenvalue weighted by atomic mass is 19.1. The van der Waals surface area contributed by atoms with Crippen LogP contribution in [0.5, 0.6) is 0 Å². The summed E-state index contributed by atoms with van der Waals surface area (Å²) in [6, 6.07) is 6.13. The molecule has 0 bridgehead atoms. The van der Waals surface area contributed by atoms with E-state index in [1.807, 2.05) is 26.8 Å². The maximum Gasteiger partial charge on any atom is 0.326 e. The normalized spacial score (nSPS) is 12.2. The van der Waals surface area contributed by atoms with Crippen LogP contribution in [0.25, 0.3) is 0 Å². The maximum atomic E-state index is 13.8. The molecule has 1 aromatic rings. The second-order valence-corrected chi connectivity index (χ2v) is 10.6. The van der Waals surface area contributed by atoms with E-state index in [0.29, 0.717) is 5.56 Å². The second kappa shape index (κ2) is 10.9. The van der Waals surface area contributed by atoms with E-state index >= 15 is 0 Å². The van der Waals surface area contributed by atoms with Crippen LogP contribution in [0.1, 0.15) is 80.4 Å². The van der Waals surface area contributed by atoms with Crippen molar-refractivity contribution in [1.82, 2.24) is 5.32 Å². The summed E-state index contributed by atoms with van der Waals surface area (Å²) in [6.45, 7) is 17.6. The van der Waals surface area contributed by atoms with Crippen LogP contribution in [-0.2, 0) is 25.6 Å². The Labute approximate surface area is 191 Å². The standard InChI is InChI=1S/C16H21FN2O2.C8H17NO2/c1-15(2,3)21-14(20)16(4,5)19-10-12-7-6-11(9-18)8-13(12)17;1-7(2,3)11-6(10)8(4,5)9/h6-8,19H,10H2,1-5H3;9H2,1-5H3. The number of nitrogens with two attached hydrogens (primary N) is 1. The molecule has 180 valence electrons. The Morgan fingerprint density at radius 2 is 1.44 bits per heavy atom. The van der Waals surface area contributed by atoms with Gasteiger partial charge in [0.25, 0.3) is 0 Å². The van der Waals surface area contributed by atoms with E-state index in [-0.39, 0.29) is 18.1 Å². The zero-order chi connectivity index (χ0) is 25.5. The number of hydrogen-bond donors (Lipinski definition) is 2. The van der Waals surface area contributed by atoms with Crippen LogP contribution < -0.4 is 11.1 Å². The lowest BCUT2D eigenvalue weighted by atomic mass is 10.0. The van der Waals surface area contributed by atoms with Gasteiger partial charge in [0.2, 0.25) is 0 Å². The summed E-state index contributed by atoms with van der Waals surface area (Å²) in [5.41, 5.74) is 3.32. The van der Waals surface area contributed by atoms with Gasteiger partial charge in [-0.25, -0.2) is 4.39 Å². The predicted molar refractivity (Wildman–Crippen MR) is 122 cm³/mol. The van der Waals surface area contributed by atoms with Crippen molar-refractivity contribution in [2.24, 2.45) is 5.73 Å². The number of esters is 2. The molecule has 0 aliphatic carbocycles. The van der Waals surface area contributed by atoms with Gasteiger partial charge in [0.1, 0.15) is 28.1 Å². The third kappa shape index (κ3) is 11.8. The van der Waals surface area contributed by atoms with Gasteiger partial charge in [-0.3, -0.25) is 14.9 Å². The molecule has 0 aromatic heterocycles. The van der Waals surface area contributed by atoms with E-state index in [1.165, 1.54) is 12.1 Å². The van der Waals surface area contributed by atoms with Gasteiger partial charge in [-0.05, 0) is 81.4 Å². The van der Waals surface area contributed by atoms with Gasteiger partial charge in [0.05, 0.1) is 11.6 Å². The van der Waals surface area contributed by atoms with E-state index in [9.17, 15) is 14.0 Å². The number of nitrogens with zero attached hydrogens (tertiary/aromatic N) is 1. The molecule has 3 N–H and O–H groups in total. The number of nitrogens with one attached hydrogen (secondary N) is 1. The van der Waals surface area contributed by atoms with Gasteiger partial charge in [-0.2, -0.15) is 5.26 Å². The minimum absolute atomic E-state index is 0.170. The van der Waals surface area contributed by atoms with Gasteiger partial charge in [0, 0.05) is 12.1 Å². The summed E-state index contributed by atoms with van der Waals surface area (Å²) in [7, 11) is 0. The second-order valence-electron chi connectivity index (χ2n) is 10.6. The Bertz CT molecular complexity index is 839. The first-order valence-electron chi connectivity index (χ1n) is 10.4. The molecule has 7 nitrogen and oxygen atoms in total. The monoisotopic (exact) mass is 451 g/mol. The molecule has 0 aliphatic heterocycles. The van der Waals surface area contributed by atoms with Crippen LogP contribution in [-0.4, -0.2) is 34.2 Å². The molecule has 8 heteroatoms. The zero-order valence-electron chi connectivity index (χ0n) is 21.0. The Balaban J connectivity index is 0.000000739. The molecule has 0 spiro atoms. The molecule has 1 rings (SSSR count). The van der Waals surface area contributed by atoms with Crippen molar-refractivity contribution in [2.45, 2.75) is 98.1 Å². The lowest BCUT2D eigenvalue weighted by Crippen LogP contribution is -2.49. The van der Waals surface area contributed by atoms with E-state index in [2.05, 4.69) is 5.32 Å². The molecule has 32 heavy (non-hydrogen) atoms. The van der Waals surface area contributed by atoms with Crippen molar-refractivity contribution in [3.63, 3.8) is 0 Å². The number of carbonyl (C=O) groups is 2. The number of rotatable bonds is 5. The predicted octanol–water partition coefficient (Wildman–Crippen LogP) is 3.97. The first kappa shape index (κ1) is 29.5. The number of nitriles is 1. The average molecular weight is 452 g/mol. The van der Waals surface area contributed by atoms with Gasteiger partial charge >= 0.3 is 11.9 Å². The highest BCUT2D eigenvalue weighted by molar-refractivity contribution is 5.80. The van der Waals surface area contributed by atoms with E-state index in [0.717, 1.165) is 0 Å². The highest BCUT2D eigenvalue weighted by Gasteiger charge is 2.32. The largest absolute Gasteiger partial charge is 0.459 e. The van der Waals surface area contributed by atoms with Crippen LogP contribution >= 0.6 is 0 Å². The first-order valence-corrected chi connectivity index (χ1v) is 10.4. The van der Waals surface area contributed by atoms with Crippen LogP contribution in [0.15, 0.2) is 18.2 Å². The van der Waals surface area contributed by atoms with Crippen LogP contribution in [0.2, 0.25) is 0 Å². The minimum Gasteiger partial charge on any atom is -0.459 e. The number of ether oxygens (including phenoxy) is 2.